The van der Waals surface area contributed by atoms with Gasteiger partial charge in [0.25, 0.3) is 0 Å². The van der Waals surface area contributed by atoms with E-state index in [0.717, 1.165) is 50.6 Å². The molecule has 0 bridgehead atoms. The van der Waals surface area contributed by atoms with E-state index in [1.807, 2.05) is 29.2 Å². The van der Waals surface area contributed by atoms with E-state index in [1.165, 1.54) is 16.9 Å². The molecule has 1 fully saturated rings. The van der Waals surface area contributed by atoms with E-state index in [-0.39, 0.29) is 5.91 Å². The van der Waals surface area contributed by atoms with E-state index < -0.39 is 0 Å². The number of hydrogen-bond donors (Lipinski definition) is 0. The largest absolute Gasteiger partial charge is 0.497 e. The van der Waals surface area contributed by atoms with Crippen LogP contribution >= 0.6 is 0 Å². The molecule has 2 aromatic carbocycles. The third kappa shape index (κ3) is 5.03. The van der Waals surface area contributed by atoms with Crippen LogP contribution in [0.15, 0.2) is 42.5 Å². The van der Waals surface area contributed by atoms with Crippen LogP contribution in [0.1, 0.15) is 25.0 Å². The molecule has 0 N–H and O–H groups in total. The van der Waals surface area contributed by atoms with Crippen molar-refractivity contribution in [2.75, 3.05) is 56.2 Å². The number of carbonyl (C=O) groups is 1. The van der Waals surface area contributed by atoms with Crippen molar-refractivity contribution in [1.82, 2.24) is 4.90 Å². The number of nitrogens with zero attached hydrogens (tertiary/aromatic N) is 3. The fourth-order valence-electron chi connectivity index (χ4n) is 4.01. The fraction of sp³-hybridized carbons (Fsp3) is 0.458. The van der Waals surface area contributed by atoms with Crippen LogP contribution in [0.3, 0.4) is 0 Å². The molecular weight excluding hydrogens is 362 g/mol. The van der Waals surface area contributed by atoms with Crippen LogP contribution in [0.2, 0.25) is 0 Å². The molecule has 156 valence electrons. The van der Waals surface area contributed by atoms with Crippen LogP contribution in [0, 0.1) is 6.92 Å². The second-order valence-electron chi connectivity index (χ2n) is 7.54. The average Bonchev–Trinajstić information content (AvgIpc) is 2.75. The lowest BCUT2D eigenvalue weighted by Crippen LogP contribution is -2.49. The molecule has 0 radical (unpaired) electrons. The zero-order valence-corrected chi connectivity index (χ0v) is 18.1. The third-order valence-corrected chi connectivity index (χ3v) is 5.80. The molecule has 0 atom stereocenters. The SMILES string of the molecule is CCN(CC)c1ccc(N2CCN(C(=O)Cc3ccc(OC)cc3)CC2)c(C)c1. The Bertz CT molecular complexity index is 807. The molecule has 29 heavy (non-hydrogen) atoms. The number of hydrogen-bond acceptors (Lipinski definition) is 4. The summed E-state index contributed by atoms with van der Waals surface area (Å²) in [5.41, 5.74) is 4.89. The van der Waals surface area contributed by atoms with Gasteiger partial charge in [-0.2, -0.15) is 0 Å². The molecular formula is C24H33N3O2. The Morgan fingerprint density at radius 2 is 1.66 bits per heavy atom. The maximum absolute atomic E-state index is 12.7. The smallest absolute Gasteiger partial charge is 0.227 e. The fourth-order valence-corrected chi connectivity index (χ4v) is 4.01. The summed E-state index contributed by atoms with van der Waals surface area (Å²) in [5, 5.41) is 0. The molecule has 0 saturated carbocycles. The molecule has 0 aromatic heterocycles. The van der Waals surface area contributed by atoms with Gasteiger partial charge < -0.3 is 19.4 Å². The Hall–Kier alpha value is -2.69. The first-order valence-corrected chi connectivity index (χ1v) is 10.6. The number of ether oxygens (including phenoxy) is 1. The summed E-state index contributed by atoms with van der Waals surface area (Å²) in [6, 6.07) is 14.5. The van der Waals surface area contributed by atoms with Crippen molar-refractivity contribution in [3.63, 3.8) is 0 Å². The van der Waals surface area contributed by atoms with Crippen LogP contribution in [-0.4, -0.2) is 57.2 Å². The minimum atomic E-state index is 0.198. The second-order valence-corrected chi connectivity index (χ2v) is 7.54. The highest BCUT2D eigenvalue weighted by Gasteiger charge is 2.22. The first-order valence-electron chi connectivity index (χ1n) is 10.6. The zero-order valence-electron chi connectivity index (χ0n) is 18.1. The third-order valence-electron chi connectivity index (χ3n) is 5.80. The normalized spacial score (nSPS) is 14.1. The Balaban J connectivity index is 1.57. The number of rotatable bonds is 7. The molecule has 1 aliphatic heterocycles. The summed E-state index contributed by atoms with van der Waals surface area (Å²) in [5.74, 6) is 1.01. The number of benzene rings is 2. The number of aryl methyl sites for hydroxylation is 1. The Morgan fingerprint density at radius 3 is 2.21 bits per heavy atom. The predicted octanol–water partition coefficient (Wildman–Crippen LogP) is 3.74. The van der Waals surface area contributed by atoms with Gasteiger partial charge in [0, 0.05) is 50.6 Å². The molecule has 0 unspecified atom stereocenters. The van der Waals surface area contributed by atoms with Gasteiger partial charge in [0.05, 0.1) is 13.5 Å². The minimum absolute atomic E-state index is 0.198. The predicted molar refractivity (Wildman–Crippen MR) is 120 cm³/mol. The standard InChI is InChI=1S/C24H33N3O2/c1-5-25(6-2)21-9-12-23(19(3)17-21)26-13-15-27(16-14-26)24(28)18-20-7-10-22(29-4)11-8-20/h7-12,17H,5-6,13-16,18H2,1-4H3. The molecule has 5 nitrogen and oxygen atoms in total. The molecule has 0 spiro atoms. The Morgan fingerprint density at radius 1 is 1.00 bits per heavy atom. The van der Waals surface area contributed by atoms with Gasteiger partial charge in [0.15, 0.2) is 0 Å². The van der Waals surface area contributed by atoms with E-state index in [2.05, 4.69) is 48.8 Å². The van der Waals surface area contributed by atoms with Crippen molar-refractivity contribution in [3.8, 4) is 5.75 Å². The van der Waals surface area contributed by atoms with Gasteiger partial charge in [-0.25, -0.2) is 0 Å². The summed E-state index contributed by atoms with van der Waals surface area (Å²) in [7, 11) is 1.65. The molecule has 1 heterocycles. The first-order chi connectivity index (χ1) is 14.0. The van der Waals surface area contributed by atoms with Crippen molar-refractivity contribution < 1.29 is 9.53 Å². The first kappa shape index (κ1) is 21.0. The second kappa shape index (κ2) is 9.68. The van der Waals surface area contributed by atoms with Gasteiger partial charge in [-0.15, -0.1) is 0 Å². The summed E-state index contributed by atoms with van der Waals surface area (Å²) in [4.78, 5) is 19.4. The van der Waals surface area contributed by atoms with Crippen LogP contribution in [0.25, 0.3) is 0 Å². The van der Waals surface area contributed by atoms with Gasteiger partial charge in [-0.3, -0.25) is 4.79 Å². The summed E-state index contributed by atoms with van der Waals surface area (Å²) in [6.45, 7) is 11.9. The quantitative estimate of drug-likeness (QED) is 0.716. The van der Waals surface area contributed by atoms with Crippen LogP contribution < -0.4 is 14.5 Å². The average molecular weight is 396 g/mol. The molecule has 1 saturated heterocycles. The highest BCUT2D eigenvalue weighted by atomic mass is 16.5. The Labute approximate surface area is 174 Å². The number of carbonyl (C=O) groups excluding carboxylic acids is 1. The maximum Gasteiger partial charge on any atom is 0.227 e. The lowest BCUT2D eigenvalue weighted by molar-refractivity contribution is -0.130. The van der Waals surface area contributed by atoms with Crippen LogP contribution in [0.5, 0.6) is 5.75 Å². The van der Waals surface area contributed by atoms with E-state index in [0.29, 0.717) is 6.42 Å². The van der Waals surface area contributed by atoms with Crippen LogP contribution in [0.4, 0.5) is 11.4 Å². The van der Waals surface area contributed by atoms with E-state index >= 15 is 0 Å². The van der Waals surface area contributed by atoms with Gasteiger partial charge in [-0.1, -0.05) is 12.1 Å². The number of piperazine rings is 1. The lowest BCUT2D eigenvalue weighted by atomic mass is 10.1. The highest BCUT2D eigenvalue weighted by Crippen LogP contribution is 2.26. The molecule has 1 aliphatic rings. The monoisotopic (exact) mass is 395 g/mol. The van der Waals surface area contributed by atoms with Crippen molar-refractivity contribution in [2.24, 2.45) is 0 Å². The van der Waals surface area contributed by atoms with Gasteiger partial charge >= 0.3 is 0 Å². The maximum atomic E-state index is 12.7. The van der Waals surface area contributed by atoms with Gasteiger partial charge in [0.2, 0.25) is 5.91 Å². The zero-order chi connectivity index (χ0) is 20.8. The minimum Gasteiger partial charge on any atom is -0.497 e. The van der Waals surface area contributed by atoms with Gasteiger partial charge in [-0.05, 0) is 62.2 Å². The lowest BCUT2D eigenvalue weighted by Gasteiger charge is -2.37. The number of methoxy groups -OCH3 is 1. The van der Waals surface area contributed by atoms with Crippen molar-refractivity contribution >= 4 is 17.3 Å². The Kier molecular flexibility index (Phi) is 7.02. The van der Waals surface area contributed by atoms with E-state index in [9.17, 15) is 4.79 Å². The number of anilines is 2. The van der Waals surface area contributed by atoms with Crippen molar-refractivity contribution in [1.29, 1.82) is 0 Å². The van der Waals surface area contributed by atoms with E-state index in [1.54, 1.807) is 7.11 Å². The summed E-state index contributed by atoms with van der Waals surface area (Å²) < 4.78 is 5.18. The topological polar surface area (TPSA) is 36.0 Å². The van der Waals surface area contributed by atoms with E-state index in [4.69, 9.17) is 4.74 Å². The van der Waals surface area contributed by atoms with Crippen molar-refractivity contribution in [3.05, 3.63) is 53.6 Å². The molecule has 3 rings (SSSR count). The number of amides is 1. The van der Waals surface area contributed by atoms with Crippen molar-refractivity contribution in [2.45, 2.75) is 27.2 Å². The molecule has 0 aliphatic carbocycles. The summed E-state index contributed by atoms with van der Waals surface area (Å²) in [6.07, 6.45) is 0.446. The summed E-state index contributed by atoms with van der Waals surface area (Å²) >= 11 is 0. The molecule has 1 amide bonds. The van der Waals surface area contributed by atoms with Gasteiger partial charge in [0.1, 0.15) is 5.75 Å². The highest BCUT2D eigenvalue weighted by molar-refractivity contribution is 5.79. The molecule has 2 aromatic rings. The molecule has 5 heteroatoms. The van der Waals surface area contributed by atoms with Crippen LogP contribution in [-0.2, 0) is 11.2 Å².